The molecule has 0 saturated heterocycles. The highest BCUT2D eigenvalue weighted by atomic mass is 16.5. The highest BCUT2D eigenvalue weighted by Crippen LogP contribution is 1.84. The fourth-order valence-electron chi connectivity index (χ4n) is 0.540. The quantitative estimate of drug-likeness (QED) is 0.274. The van der Waals surface area contributed by atoms with E-state index in [1.807, 2.05) is 0 Å². The van der Waals surface area contributed by atoms with Crippen molar-refractivity contribution in [2.75, 3.05) is 0 Å². The average molecular weight is 119 g/mol. The minimum atomic E-state index is 0.345. The number of rotatable bonds is 0. The number of aromatic nitrogens is 1. The summed E-state index contributed by atoms with van der Waals surface area (Å²) in [5.74, 6) is 2.25. The largest absolute Gasteiger partial charge is 0.618 e. The van der Waals surface area contributed by atoms with Gasteiger partial charge in [-0.1, -0.05) is 0 Å². The molecule has 1 aromatic heterocycles. The van der Waals surface area contributed by atoms with Gasteiger partial charge >= 0.3 is 0 Å². The molecule has 0 fully saturated rings. The van der Waals surface area contributed by atoms with Crippen LogP contribution in [0.4, 0.5) is 0 Å². The maximum Gasteiger partial charge on any atom is 0.267 e. The molecule has 1 aromatic rings. The smallest absolute Gasteiger partial charge is 0.267 e. The molecule has 0 bridgehead atoms. The lowest BCUT2D eigenvalue weighted by Crippen LogP contribution is -2.28. The first-order chi connectivity index (χ1) is 4.34. The van der Waals surface area contributed by atoms with Crippen LogP contribution >= 0.6 is 0 Å². The Morgan fingerprint density at radius 1 is 1.56 bits per heavy atom. The molecule has 0 aromatic carbocycles. The van der Waals surface area contributed by atoms with E-state index in [0.29, 0.717) is 10.4 Å². The lowest BCUT2D eigenvalue weighted by atomic mass is 10.4. The number of pyridine rings is 1. The van der Waals surface area contributed by atoms with Gasteiger partial charge in [0.05, 0.1) is 0 Å². The van der Waals surface area contributed by atoms with Gasteiger partial charge in [-0.2, -0.15) is 4.73 Å². The molecule has 0 aliphatic heterocycles. The van der Waals surface area contributed by atoms with Crippen LogP contribution in [-0.2, 0) is 0 Å². The standard InChI is InChI=1S/C7H5NO/c1-2-7-5-3-4-6-8(7)9/h1,3-6H. The molecule has 0 N–H and O–H groups in total. The molecule has 0 saturated carbocycles. The van der Waals surface area contributed by atoms with Gasteiger partial charge in [0, 0.05) is 18.1 Å². The summed E-state index contributed by atoms with van der Waals surface area (Å²) in [5.41, 5.74) is 0.345. The Balaban J connectivity index is 3.20. The molecule has 0 amide bonds. The maximum atomic E-state index is 10.6. The van der Waals surface area contributed by atoms with Gasteiger partial charge in [-0.15, -0.1) is 6.42 Å². The molecule has 2 heteroatoms. The van der Waals surface area contributed by atoms with E-state index in [-0.39, 0.29) is 0 Å². The van der Waals surface area contributed by atoms with Crippen molar-refractivity contribution in [3.05, 3.63) is 35.3 Å². The summed E-state index contributed by atoms with van der Waals surface area (Å²) >= 11 is 0. The molecule has 44 valence electrons. The zero-order valence-corrected chi connectivity index (χ0v) is 4.74. The summed E-state index contributed by atoms with van der Waals surface area (Å²) in [6.45, 7) is 0. The maximum absolute atomic E-state index is 10.6. The fourth-order valence-corrected chi connectivity index (χ4v) is 0.540. The van der Waals surface area contributed by atoms with E-state index in [0.717, 1.165) is 0 Å². The number of hydrogen-bond donors (Lipinski definition) is 0. The first kappa shape index (κ1) is 5.64. The van der Waals surface area contributed by atoms with Crippen molar-refractivity contribution >= 4 is 0 Å². The highest BCUT2D eigenvalue weighted by Gasteiger charge is 1.93. The van der Waals surface area contributed by atoms with Crippen LogP contribution in [0.3, 0.4) is 0 Å². The van der Waals surface area contributed by atoms with Crippen LogP contribution in [0.5, 0.6) is 0 Å². The SMILES string of the molecule is C#Cc1cccc[n+]1[O-]. The van der Waals surface area contributed by atoms with E-state index in [2.05, 4.69) is 5.92 Å². The summed E-state index contributed by atoms with van der Waals surface area (Å²) in [6, 6.07) is 4.95. The Morgan fingerprint density at radius 3 is 2.78 bits per heavy atom. The van der Waals surface area contributed by atoms with Crippen molar-refractivity contribution in [2.45, 2.75) is 0 Å². The molecular weight excluding hydrogens is 114 g/mol. The number of hydrogen-bond acceptors (Lipinski definition) is 1. The number of nitrogens with zero attached hydrogens (tertiary/aromatic N) is 1. The molecule has 0 spiro atoms. The van der Waals surface area contributed by atoms with Gasteiger partial charge < -0.3 is 5.21 Å². The van der Waals surface area contributed by atoms with Crippen molar-refractivity contribution in [1.82, 2.24) is 0 Å². The summed E-state index contributed by atoms with van der Waals surface area (Å²) in [5, 5.41) is 10.6. The second kappa shape index (κ2) is 2.19. The molecule has 1 rings (SSSR count). The van der Waals surface area contributed by atoms with Gasteiger partial charge in [0.25, 0.3) is 5.69 Å². The molecule has 1 heterocycles. The molecule has 2 nitrogen and oxygen atoms in total. The van der Waals surface area contributed by atoms with Gasteiger partial charge in [-0.05, 0) is 6.07 Å². The third-order valence-electron chi connectivity index (χ3n) is 0.972. The Labute approximate surface area is 53.3 Å². The molecule has 0 aliphatic carbocycles. The Morgan fingerprint density at radius 2 is 2.33 bits per heavy atom. The minimum Gasteiger partial charge on any atom is -0.618 e. The van der Waals surface area contributed by atoms with Crippen LogP contribution in [0, 0.1) is 17.6 Å². The molecule has 0 atom stereocenters. The predicted molar refractivity (Wildman–Crippen MR) is 33.3 cm³/mol. The Hall–Kier alpha value is -1.49. The normalized spacial score (nSPS) is 8.33. The van der Waals surface area contributed by atoms with Crippen molar-refractivity contribution in [1.29, 1.82) is 0 Å². The van der Waals surface area contributed by atoms with Gasteiger partial charge in [-0.25, -0.2) is 0 Å². The summed E-state index contributed by atoms with van der Waals surface area (Å²) in [4.78, 5) is 0. The van der Waals surface area contributed by atoms with Crippen molar-refractivity contribution in [3.8, 4) is 12.3 Å². The van der Waals surface area contributed by atoms with E-state index in [9.17, 15) is 5.21 Å². The van der Waals surface area contributed by atoms with E-state index in [1.165, 1.54) is 6.20 Å². The zero-order chi connectivity index (χ0) is 6.69. The average Bonchev–Trinajstić information content (AvgIpc) is 1.89. The van der Waals surface area contributed by atoms with E-state index in [1.54, 1.807) is 18.2 Å². The van der Waals surface area contributed by atoms with E-state index in [4.69, 9.17) is 6.42 Å². The second-order valence-electron chi connectivity index (χ2n) is 1.56. The Kier molecular flexibility index (Phi) is 1.37. The molecule has 0 unspecified atom stereocenters. The first-order valence-corrected chi connectivity index (χ1v) is 2.49. The summed E-state index contributed by atoms with van der Waals surface area (Å²) in [7, 11) is 0. The third-order valence-corrected chi connectivity index (χ3v) is 0.972. The number of terminal acetylenes is 1. The second-order valence-corrected chi connectivity index (χ2v) is 1.56. The van der Waals surface area contributed by atoms with Gasteiger partial charge in [-0.3, -0.25) is 0 Å². The van der Waals surface area contributed by atoms with Crippen LogP contribution in [0.1, 0.15) is 5.69 Å². The summed E-state index contributed by atoms with van der Waals surface area (Å²) < 4.78 is 0.653. The zero-order valence-electron chi connectivity index (χ0n) is 4.74. The molecular formula is C7H5NO. The van der Waals surface area contributed by atoms with Crippen LogP contribution in [-0.4, -0.2) is 0 Å². The van der Waals surface area contributed by atoms with Gasteiger partial charge in [0.15, 0.2) is 6.20 Å². The topological polar surface area (TPSA) is 26.9 Å². The molecule has 0 radical (unpaired) electrons. The fraction of sp³-hybridized carbons (Fsp3) is 0. The van der Waals surface area contributed by atoms with Gasteiger partial charge in [0.1, 0.15) is 0 Å². The van der Waals surface area contributed by atoms with Crippen LogP contribution < -0.4 is 4.73 Å². The monoisotopic (exact) mass is 119 g/mol. The van der Waals surface area contributed by atoms with E-state index >= 15 is 0 Å². The van der Waals surface area contributed by atoms with Crippen LogP contribution in [0.2, 0.25) is 0 Å². The molecule has 9 heavy (non-hydrogen) atoms. The summed E-state index contributed by atoms with van der Waals surface area (Å²) in [6.07, 6.45) is 6.35. The predicted octanol–water partition coefficient (Wildman–Crippen LogP) is 0.301. The highest BCUT2D eigenvalue weighted by molar-refractivity contribution is 5.18. The minimum absolute atomic E-state index is 0.345. The van der Waals surface area contributed by atoms with Crippen LogP contribution in [0.25, 0.3) is 0 Å². The lowest BCUT2D eigenvalue weighted by Gasteiger charge is -1.94. The molecule has 0 aliphatic rings. The lowest BCUT2D eigenvalue weighted by molar-refractivity contribution is -0.608. The van der Waals surface area contributed by atoms with Crippen molar-refractivity contribution in [2.24, 2.45) is 0 Å². The van der Waals surface area contributed by atoms with Gasteiger partial charge in [0.2, 0.25) is 0 Å². The Bertz CT molecular complexity index is 249. The first-order valence-electron chi connectivity index (χ1n) is 2.49. The van der Waals surface area contributed by atoms with Crippen molar-refractivity contribution in [3.63, 3.8) is 0 Å². The van der Waals surface area contributed by atoms with Crippen molar-refractivity contribution < 1.29 is 4.73 Å². The van der Waals surface area contributed by atoms with E-state index < -0.39 is 0 Å². The third kappa shape index (κ3) is 1.000. The van der Waals surface area contributed by atoms with Crippen LogP contribution in [0.15, 0.2) is 24.4 Å².